The molecule has 0 spiro atoms. The fourth-order valence-corrected chi connectivity index (χ4v) is 4.63. The molecule has 0 bridgehead atoms. The number of furan rings is 1. The molecule has 21 heavy (non-hydrogen) atoms. The molecule has 0 aliphatic heterocycles. The van der Waals surface area contributed by atoms with E-state index in [0.717, 1.165) is 19.4 Å². The zero-order valence-corrected chi connectivity index (χ0v) is 15.5. The van der Waals surface area contributed by atoms with E-state index in [1.165, 1.54) is 0 Å². The van der Waals surface area contributed by atoms with Crippen molar-refractivity contribution in [3.05, 3.63) is 16.5 Å². The number of halogens is 1. The molecule has 122 valence electrons. The van der Waals surface area contributed by atoms with Gasteiger partial charge in [-0.25, -0.2) is 13.1 Å². The first-order chi connectivity index (χ1) is 9.85. The highest BCUT2D eigenvalue weighted by Gasteiger charge is 2.26. The van der Waals surface area contributed by atoms with Crippen LogP contribution >= 0.6 is 15.9 Å². The molecule has 7 heteroatoms. The second-order valence-corrected chi connectivity index (χ2v) is 7.52. The largest absolute Gasteiger partial charge is 0.452 e. The van der Waals surface area contributed by atoms with Gasteiger partial charge in [-0.15, -0.1) is 0 Å². The molecular weight excluding hydrogens is 356 g/mol. The molecule has 0 saturated heterocycles. The summed E-state index contributed by atoms with van der Waals surface area (Å²) in [7, 11) is -3.58. The average molecular weight is 381 g/mol. The first-order valence-electron chi connectivity index (χ1n) is 7.36. The van der Waals surface area contributed by atoms with Crippen LogP contribution in [0.2, 0.25) is 0 Å². The van der Waals surface area contributed by atoms with Gasteiger partial charge in [-0.1, -0.05) is 33.6 Å². The number of sulfonamides is 1. The molecule has 5 nitrogen and oxygen atoms in total. The number of hydrogen-bond donors (Lipinski definition) is 2. The molecule has 0 saturated carbocycles. The predicted octanol–water partition coefficient (Wildman–Crippen LogP) is 3.25. The van der Waals surface area contributed by atoms with Crippen molar-refractivity contribution < 1.29 is 12.8 Å². The van der Waals surface area contributed by atoms with Gasteiger partial charge in [0.1, 0.15) is 10.7 Å². The van der Waals surface area contributed by atoms with Crippen molar-refractivity contribution in [3.8, 4) is 0 Å². The van der Waals surface area contributed by atoms with Crippen LogP contribution in [0.3, 0.4) is 0 Å². The summed E-state index contributed by atoms with van der Waals surface area (Å²) in [4.78, 5) is 0.160. The Kier molecular flexibility index (Phi) is 7.39. The smallest absolute Gasteiger partial charge is 0.245 e. The molecule has 1 heterocycles. The van der Waals surface area contributed by atoms with Gasteiger partial charge in [0.25, 0.3) is 0 Å². The molecule has 1 rings (SSSR count). The maximum absolute atomic E-state index is 12.5. The predicted molar refractivity (Wildman–Crippen MR) is 87.6 cm³/mol. The third-order valence-corrected chi connectivity index (χ3v) is 6.06. The molecule has 0 aromatic carbocycles. The van der Waals surface area contributed by atoms with E-state index in [2.05, 4.69) is 39.8 Å². The fourth-order valence-electron chi connectivity index (χ4n) is 2.32. The van der Waals surface area contributed by atoms with E-state index < -0.39 is 10.0 Å². The van der Waals surface area contributed by atoms with Gasteiger partial charge in [0.2, 0.25) is 10.0 Å². The van der Waals surface area contributed by atoms with Crippen molar-refractivity contribution in [1.29, 1.82) is 0 Å². The minimum Gasteiger partial charge on any atom is -0.452 e. The Morgan fingerprint density at radius 1 is 1.29 bits per heavy atom. The van der Waals surface area contributed by atoms with E-state index in [-0.39, 0.29) is 15.6 Å². The molecule has 1 aromatic heterocycles. The van der Waals surface area contributed by atoms with Crippen molar-refractivity contribution in [1.82, 2.24) is 10.0 Å². The van der Waals surface area contributed by atoms with Gasteiger partial charge in [0, 0.05) is 12.1 Å². The Labute approximate surface area is 136 Å². The van der Waals surface area contributed by atoms with E-state index in [0.29, 0.717) is 18.2 Å². The van der Waals surface area contributed by atoms with Crippen molar-refractivity contribution in [2.45, 2.75) is 58.0 Å². The lowest BCUT2D eigenvalue weighted by Gasteiger charge is -2.21. The van der Waals surface area contributed by atoms with Crippen LogP contribution in [0.25, 0.3) is 0 Å². The van der Waals surface area contributed by atoms with Crippen LogP contribution in [-0.4, -0.2) is 21.0 Å². The van der Waals surface area contributed by atoms with E-state index in [1.54, 1.807) is 6.07 Å². The van der Waals surface area contributed by atoms with Crippen LogP contribution in [0, 0.1) is 5.92 Å². The van der Waals surface area contributed by atoms with Crippen molar-refractivity contribution in [2.75, 3.05) is 6.54 Å². The Bertz CT molecular complexity index is 538. The Hall–Kier alpha value is -0.370. The van der Waals surface area contributed by atoms with Crippen LogP contribution in [-0.2, 0) is 16.6 Å². The lowest BCUT2D eigenvalue weighted by atomic mass is 9.96. The normalized spacial score (nSPS) is 13.8. The highest BCUT2D eigenvalue weighted by molar-refractivity contribution is 9.10. The van der Waals surface area contributed by atoms with E-state index in [1.807, 2.05) is 13.8 Å². The molecular formula is C14H25BrN2O3S. The number of hydrogen-bond acceptors (Lipinski definition) is 4. The van der Waals surface area contributed by atoms with Gasteiger partial charge >= 0.3 is 0 Å². The van der Waals surface area contributed by atoms with Gasteiger partial charge in [0.15, 0.2) is 4.67 Å². The van der Waals surface area contributed by atoms with E-state index >= 15 is 0 Å². The number of nitrogens with one attached hydrogen (secondary N) is 2. The van der Waals surface area contributed by atoms with Gasteiger partial charge in [-0.2, -0.15) is 0 Å². The quantitative estimate of drug-likeness (QED) is 0.689. The topological polar surface area (TPSA) is 71.3 Å². The highest BCUT2D eigenvalue weighted by atomic mass is 79.9. The third-order valence-electron chi connectivity index (χ3n) is 3.64. The lowest BCUT2D eigenvalue weighted by molar-refractivity contribution is 0.390. The van der Waals surface area contributed by atoms with E-state index in [4.69, 9.17) is 4.42 Å². The fraction of sp³-hybridized carbons (Fsp3) is 0.714. The summed E-state index contributed by atoms with van der Waals surface area (Å²) in [5.74, 6) is 0.922. The summed E-state index contributed by atoms with van der Waals surface area (Å²) < 4.78 is 33.4. The van der Waals surface area contributed by atoms with Crippen molar-refractivity contribution in [3.63, 3.8) is 0 Å². The molecule has 1 unspecified atom stereocenters. The van der Waals surface area contributed by atoms with Crippen molar-refractivity contribution >= 4 is 26.0 Å². The monoisotopic (exact) mass is 380 g/mol. The van der Waals surface area contributed by atoms with E-state index in [9.17, 15) is 8.42 Å². The molecule has 2 N–H and O–H groups in total. The summed E-state index contributed by atoms with van der Waals surface area (Å²) in [6, 6.07) is 1.46. The summed E-state index contributed by atoms with van der Waals surface area (Å²) >= 11 is 3.19. The molecule has 1 aromatic rings. The van der Waals surface area contributed by atoms with Gasteiger partial charge < -0.3 is 9.73 Å². The van der Waals surface area contributed by atoms with Crippen LogP contribution in [0.1, 0.15) is 46.3 Å². The van der Waals surface area contributed by atoms with Gasteiger partial charge in [-0.05, 0) is 35.3 Å². The van der Waals surface area contributed by atoms with Crippen LogP contribution in [0.15, 0.2) is 20.0 Å². The van der Waals surface area contributed by atoms with Crippen LogP contribution < -0.4 is 10.0 Å². The zero-order valence-electron chi connectivity index (χ0n) is 13.1. The molecule has 0 amide bonds. The lowest BCUT2D eigenvalue weighted by Crippen LogP contribution is -2.37. The van der Waals surface area contributed by atoms with Gasteiger partial charge in [-0.3, -0.25) is 0 Å². The molecule has 0 aliphatic carbocycles. The molecule has 0 fully saturated rings. The second-order valence-electron chi connectivity index (χ2n) is 5.12. The summed E-state index contributed by atoms with van der Waals surface area (Å²) in [5, 5.41) is 3.10. The Balaban J connectivity index is 2.89. The standard InChI is InChI=1S/C14H25BrN2O3S/c1-5-11(6-2)10(4)17-21(18,19)13-8-12(9-16-7-3)20-14(13)15/h8,10-11,16-17H,5-7,9H2,1-4H3. The SMILES string of the molecule is CCNCc1cc(S(=O)(=O)NC(C)C(CC)CC)c(Br)o1. The second kappa shape index (κ2) is 8.31. The van der Waals surface area contributed by atoms with Crippen molar-refractivity contribution in [2.24, 2.45) is 5.92 Å². The molecule has 0 radical (unpaired) electrons. The molecule has 0 aliphatic rings. The highest BCUT2D eigenvalue weighted by Crippen LogP contribution is 2.27. The van der Waals surface area contributed by atoms with Crippen LogP contribution in [0.5, 0.6) is 0 Å². The molecule has 1 atom stereocenters. The minimum atomic E-state index is -3.58. The van der Waals surface area contributed by atoms with Crippen LogP contribution in [0.4, 0.5) is 0 Å². The zero-order chi connectivity index (χ0) is 16.0. The van der Waals surface area contributed by atoms with Gasteiger partial charge in [0.05, 0.1) is 6.54 Å². The first kappa shape index (κ1) is 18.7. The average Bonchev–Trinajstić information content (AvgIpc) is 2.79. The Morgan fingerprint density at radius 3 is 2.43 bits per heavy atom. The minimum absolute atomic E-state index is 0.107. The summed E-state index contributed by atoms with van der Waals surface area (Å²) in [6.45, 7) is 9.33. The maximum atomic E-state index is 12.5. The Morgan fingerprint density at radius 2 is 1.90 bits per heavy atom. The first-order valence-corrected chi connectivity index (χ1v) is 9.64. The number of rotatable bonds is 9. The summed E-state index contributed by atoms with van der Waals surface area (Å²) in [6.07, 6.45) is 1.89. The summed E-state index contributed by atoms with van der Waals surface area (Å²) in [5.41, 5.74) is 0. The maximum Gasteiger partial charge on any atom is 0.245 e. The third kappa shape index (κ3) is 5.09.